The van der Waals surface area contributed by atoms with Crippen LogP contribution in [0.3, 0.4) is 0 Å². The van der Waals surface area contributed by atoms with Crippen molar-refractivity contribution in [3.05, 3.63) is 22.4 Å². The lowest BCUT2D eigenvalue weighted by atomic mass is 9.81. The summed E-state index contributed by atoms with van der Waals surface area (Å²) < 4.78 is 0.880. The van der Waals surface area contributed by atoms with E-state index >= 15 is 0 Å². The first-order chi connectivity index (χ1) is 8.90. The lowest BCUT2D eigenvalue weighted by Gasteiger charge is -2.40. The van der Waals surface area contributed by atoms with E-state index in [2.05, 4.69) is 45.4 Å². The van der Waals surface area contributed by atoms with Crippen LogP contribution in [0.2, 0.25) is 0 Å². The Labute approximate surface area is 120 Å². The number of rotatable bonds is 2. The Morgan fingerprint density at radius 3 is 2.84 bits per heavy atom. The van der Waals surface area contributed by atoms with E-state index in [0.29, 0.717) is 5.92 Å². The monoisotopic (exact) mass is 327 g/mol. The molecule has 1 aromatic heterocycles. The molecular formula is C13H18BrN3O2. The van der Waals surface area contributed by atoms with Gasteiger partial charge in [0.1, 0.15) is 0 Å². The maximum absolute atomic E-state index is 11.0. The van der Waals surface area contributed by atoms with Gasteiger partial charge in [-0.3, -0.25) is 4.98 Å². The van der Waals surface area contributed by atoms with Crippen LogP contribution in [0.25, 0.3) is 0 Å². The molecule has 0 aliphatic carbocycles. The van der Waals surface area contributed by atoms with E-state index in [4.69, 9.17) is 5.11 Å². The van der Waals surface area contributed by atoms with E-state index in [1.165, 1.54) is 0 Å². The van der Waals surface area contributed by atoms with Gasteiger partial charge in [0.05, 0.1) is 17.4 Å². The van der Waals surface area contributed by atoms with Crippen molar-refractivity contribution in [2.75, 3.05) is 5.32 Å². The largest absolute Gasteiger partial charge is 0.465 e. The first-order valence-electron chi connectivity index (χ1n) is 6.31. The number of hydrogen-bond acceptors (Lipinski definition) is 3. The quantitative estimate of drug-likeness (QED) is 0.779. The first kappa shape index (κ1) is 14.1. The van der Waals surface area contributed by atoms with Gasteiger partial charge < -0.3 is 15.7 Å². The second kappa shape index (κ2) is 5.36. The third-order valence-corrected chi connectivity index (χ3v) is 4.03. The van der Waals surface area contributed by atoms with Gasteiger partial charge in [0, 0.05) is 22.6 Å². The number of carboxylic acid groups (broad SMARTS) is 1. The summed E-state index contributed by atoms with van der Waals surface area (Å²) in [5, 5.41) is 15.1. The Morgan fingerprint density at radius 1 is 1.58 bits per heavy atom. The number of hydrogen-bond donors (Lipinski definition) is 3. The highest BCUT2D eigenvalue weighted by Crippen LogP contribution is 2.38. The molecule has 2 rings (SSSR count). The minimum atomic E-state index is -1.02. The van der Waals surface area contributed by atoms with Gasteiger partial charge in [-0.25, -0.2) is 4.79 Å². The molecule has 0 unspecified atom stereocenters. The summed E-state index contributed by atoms with van der Waals surface area (Å²) in [6.45, 7) is 6.30. The van der Waals surface area contributed by atoms with Gasteiger partial charge in [-0.15, -0.1) is 0 Å². The predicted molar refractivity (Wildman–Crippen MR) is 77.3 cm³/mol. The molecule has 0 spiro atoms. The van der Waals surface area contributed by atoms with E-state index < -0.39 is 6.09 Å². The zero-order valence-corrected chi connectivity index (χ0v) is 12.7. The normalized spacial score (nSPS) is 25.6. The fourth-order valence-electron chi connectivity index (χ4n) is 2.69. The van der Waals surface area contributed by atoms with Crippen LogP contribution >= 0.6 is 15.9 Å². The van der Waals surface area contributed by atoms with Crippen LogP contribution < -0.4 is 10.6 Å². The van der Waals surface area contributed by atoms with Crippen molar-refractivity contribution >= 4 is 27.7 Å². The van der Waals surface area contributed by atoms with Gasteiger partial charge in [-0.05, 0) is 27.9 Å². The number of halogens is 1. The number of anilines is 1. The molecule has 1 aromatic rings. The Hall–Kier alpha value is -1.30. The van der Waals surface area contributed by atoms with Crippen LogP contribution in [0.15, 0.2) is 16.7 Å². The minimum Gasteiger partial charge on any atom is -0.465 e. The van der Waals surface area contributed by atoms with Crippen LogP contribution in [0.1, 0.15) is 32.5 Å². The Balaban J connectivity index is 2.43. The lowest BCUT2D eigenvalue weighted by Crippen LogP contribution is -2.46. The van der Waals surface area contributed by atoms with Crippen LogP contribution in [-0.2, 0) is 0 Å². The molecule has 0 aromatic carbocycles. The van der Waals surface area contributed by atoms with Gasteiger partial charge in [0.2, 0.25) is 0 Å². The highest BCUT2D eigenvalue weighted by Gasteiger charge is 2.37. The molecule has 0 saturated heterocycles. The van der Waals surface area contributed by atoms with Gasteiger partial charge in [-0.2, -0.15) is 0 Å². The molecule has 104 valence electrons. The Bertz CT molecular complexity index is 493. The molecule has 0 bridgehead atoms. The van der Waals surface area contributed by atoms with E-state index in [1.54, 1.807) is 6.20 Å². The number of nitrogens with zero attached hydrogens (tertiary/aromatic N) is 1. The average Bonchev–Trinajstić information content (AvgIpc) is 2.31. The Morgan fingerprint density at radius 2 is 2.26 bits per heavy atom. The molecule has 1 aliphatic heterocycles. The van der Waals surface area contributed by atoms with Crippen molar-refractivity contribution in [2.45, 2.75) is 32.9 Å². The Kier molecular flexibility index (Phi) is 3.99. The molecule has 3 atom stereocenters. The summed E-state index contributed by atoms with van der Waals surface area (Å²) in [4.78, 5) is 15.4. The predicted octanol–water partition coefficient (Wildman–Crippen LogP) is 3.24. The number of carbonyl (C=O) groups is 1. The van der Waals surface area contributed by atoms with Crippen molar-refractivity contribution in [1.29, 1.82) is 0 Å². The molecule has 0 saturated carbocycles. The highest BCUT2D eigenvalue weighted by atomic mass is 79.9. The van der Waals surface area contributed by atoms with E-state index in [-0.39, 0.29) is 18.0 Å². The summed E-state index contributed by atoms with van der Waals surface area (Å²) in [5.74, 6) is 0.539. The van der Waals surface area contributed by atoms with Gasteiger partial charge in [-0.1, -0.05) is 20.8 Å². The molecule has 6 heteroatoms. The average molecular weight is 328 g/mol. The standard InChI is InChI=1S/C13H18BrN3O2/c1-6(2)10-7(3)11(17-13(18)19)12-9(16-10)4-8(14)5-15-12/h4-7,10-11,16-17H,1-3H3,(H,18,19)/t7-,10-,11+/m0/s1. The van der Waals surface area contributed by atoms with E-state index in [9.17, 15) is 4.79 Å². The second-order valence-electron chi connectivity index (χ2n) is 5.29. The van der Waals surface area contributed by atoms with Gasteiger partial charge >= 0.3 is 6.09 Å². The van der Waals surface area contributed by atoms with Crippen molar-refractivity contribution in [3.63, 3.8) is 0 Å². The lowest BCUT2D eigenvalue weighted by molar-refractivity contribution is 0.179. The fourth-order valence-corrected chi connectivity index (χ4v) is 3.02. The summed E-state index contributed by atoms with van der Waals surface area (Å²) in [6, 6.07) is 1.87. The van der Waals surface area contributed by atoms with Gasteiger partial charge in [0.15, 0.2) is 0 Å². The van der Waals surface area contributed by atoms with Crippen LogP contribution in [0.4, 0.5) is 10.5 Å². The molecule has 1 amide bonds. The second-order valence-corrected chi connectivity index (χ2v) is 6.20. The molecule has 5 nitrogen and oxygen atoms in total. The topological polar surface area (TPSA) is 74.2 Å². The third-order valence-electron chi connectivity index (χ3n) is 3.59. The van der Waals surface area contributed by atoms with Crippen molar-refractivity contribution < 1.29 is 9.90 Å². The fraction of sp³-hybridized carbons (Fsp3) is 0.538. The molecule has 1 aliphatic rings. The number of amides is 1. The zero-order valence-electron chi connectivity index (χ0n) is 11.1. The molecule has 0 radical (unpaired) electrons. The van der Waals surface area contributed by atoms with Crippen molar-refractivity contribution in [1.82, 2.24) is 10.3 Å². The maximum Gasteiger partial charge on any atom is 0.405 e. The van der Waals surface area contributed by atoms with Crippen LogP contribution in [-0.4, -0.2) is 22.2 Å². The number of aromatic nitrogens is 1. The third kappa shape index (κ3) is 2.83. The smallest absolute Gasteiger partial charge is 0.405 e. The molecule has 19 heavy (non-hydrogen) atoms. The SMILES string of the molecule is CC(C)[C@@H]1Nc2cc(Br)cnc2[C@H](NC(=O)O)[C@H]1C. The zero-order chi connectivity index (χ0) is 14.2. The first-order valence-corrected chi connectivity index (χ1v) is 7.11. The van der Waals surface area contributed by atoms with Crippen molar-refractivity contribution in [2.24, 2.45) is 11.8 Å². The minimum absolute atomic E-state index is 0.136. The summed E-state index contributed by atoms with van der Waals surface area (Å²) in [5.41, 5.74) is 1.65. The maximum atomic E-state index is 11.0. The summed E-state index contributed by atoms with van der Waals surface area (Å²) in [6.07, 6.45) is 0.677. The summed E-state index contributed by atoms with van der Waals surface area (Å²) >= 11 is 3.39. The summed E-state index contributed by atoms with van der Waals surface area (Å²) in [7, 11) is 0. The number of fused-ring (bicyclic) bond motifs is 1. The van der Waals surface area contributed by atoms with E-state index in [0.717, 1.165) is 15.9 Å². The molecule has 0 fully saturated rings. The number of pyridine rings is 1. The molecule has 3 N–H and O–H groups in total. The van der Waals surface area contributed by atoms with Crippen molar-refractivity contribution in [3.8, 4) is 0 Å². The van der Waals surface area contributed by atoms with Crippen LogP contribution in [0.5, 0.6) is 0 Å². The molecule has 2 heterocycles. The highest BCUT2D eigenvalue weighted by molar-refractivity contribution is 9.10. The van der Waals surface area contributed by atoms with Crippen LogP contribution in [0, 0.1) is 11.8 Å². The van der Waals surface area contributed by atoms with Gasteiger partial charge in [0.25, 0.3) is 0 Å². The van der Waals surface area contributed by atoms with E-state index in [1.807, 2.05) is 13.0 Å². The number of nitrogens with one attached hydrogen (secondary N) is 2. The molecular weight excluding hydrogens is 310 g/mol.